The number of halogens is 1. The van der Waals surface area contributed by atoms with Gasteiger partial charge in [0.1, 0.15) is 5.01 Å². The number of rotatable bonds is 3. The van der Waals surface area contributed by atoms with Gasteiger partial charge in [-0.15, -0.1) is 11.3 Å². The maximum Gasteiger partial charge on any atom is 0.123 e. The molecule has 0 saturated carbocycles. The molecule has 2 rings (SSSR count). The number of hydrogen-bond acceptors (Lipinski definition) is 3. The molecule has 0 amide bonds. The van der Waals surface area contributed by atoms with E-state index in [1.165, 1.54) is 0 Å². The first-order valence-electron chi connectivity index (χ1n) is 5.03. The van der Waals surface area contributed by atoms with Crippen molar-refractivity contribution < 1.29 is 5.11 Å². The van der Waals surface area contributed by atoms with Crippen molar-refractivity contribution in [2.45, 2.75) is 19.4 Å². The van der Waals surface area contributed by atoms with Crippen molar-refractivity contribution in [2.24, 2.45) is 0 Å². The van der Waals surface area contributed by atoms with Gasteiger partial charge in [-0.05, 0) is 19.1 Å². The second kappa shape index (κ2) is 5.08. The van der Waals surface area contributed by atoms with Crippen molar-refractivity contribution >= 4 is 27.3 Å². The van der Waals surface area contributed by atoms with Gasteiger partial charge < -0.3 is 5.11 Å². The molecule has 1 aromatic carbocycles. The van der Waals surface area contributed by atoms with Crippen LogP contribution in [0.5, 0.6) is 0 Å². The van der Waals surface area contributed by atoms with Gasteiger partial charge in [0.2, 0.25) is 0 Å². The van der Waals surface area contributed by atoms with Crippen LogP contribution in [0.1, 0.15) is 12.6 Å². The largest absolute Gasteiger partial charge is 0.393 e. The summed E-state index contributed by atoms with van der Waals surface area (Å²) < 4.78 is 1.07. The van der Waals surface area contributed by atoms with E-state index in [2.05, 4.69) is 20.9 Å². The van der Waals surface area contributed by atoms with Gasteiger partial charge >= 0.3 is 0 Å². The molecule has 1 unspecified atom stereocenters. The smallest absolute Gasteiger partial charge is 0.123 e. The van der Waals surface area contributed by atoms with Gasteiger partial charge in [0.05, 0.1) is 11.8 Å². The second-order valence-electron chi connectivity index (χ2n) is 3.70. The van der Waals surface area contributed by atoms with E-state index in [0.717, 1.165) is 20.7 Å². The SMILES string of the molecule is CC(O)Cc1csc(-c2ccc(Br)cc2)n1. The number of aromatic nitrogens is 1. The predicted octanol–water partition coefficient (Wildman–Crippen LogP) is 3.50. The van der Waals surface area contributed by atoms with E-state index in [1.807, 2.05) is 29.6 Å². The molecule has 0 saturated heterocycles. The molecule has 0 aliphatic rings. The lowest BCUT2D eigenvalue weighted by atomic mass is 10.2. The molecule has 0 bridgehead atoms. The Balaban J connectivity index is 2.21. The van der Waals surface area contributed by atoms with Crippen LogP contribution in [0.2, 0.25) is 0 Å². The fourth-order valence-electron chi connectivity index (χ4n) is 1.43. The van der Waals surface area contributed by atoms with E-state index in [9.17, 15) is 5.11 Å². The van der Waals surface area contributed by atoms with Crippen LogP contribution >= 0.6 is 27.3 Å². The van der Waals surface area contributed by atoms with Crippen molar-refractivity contribution in [1.29, 1.82) is 0 Å². The van der Waals surface area contributed by atoms with Gasteiger partial charge in [-0.3, -0.25) is 0 Å². The van der Waals surface area contributed by atoms with Crippen LogP contribution in [0, 0.1) is 0 Å². The summed E-state index contributed by atoms with van der Waals surface area (Å²) in [5.41, 5.74) is 2.07. The molecule has 2 aromatic rings. The maximum absolute atomic E-state index is 9.28. The standard InChI is InChI=1S/C12H12BrNOS/c1-8(15)6-11-7-16-12(14-11)9-2-4-10(13)5-3-9/h2-5,7-8,15H,6H2,1H3. The first-order valence-corrected chi connectivity index (χ1v) is 6.71. The van der Waals surface area contributed by atoms with Crippen LogP contribution in [0.15, 0.2) is 34.1 Å². The first-order chi connectivity index (χ1) is 7.65. The third-order valence-corrected chi connectivity index (χ3v) is 3.62. The average Bonchev–Trinajstić information content (AvgIpc) is 2.66. The highest BCUT2D eigenvalue weighted by molar-refractivity contribution is 9.10. The summed E-state index contributed by atoms with van der Waals surface area (Å²) in [5.74, 6) is 0. The van der Waals surface area contributed by atoms with Crippen LogP contribution < -0.4 is 0 Å². The molecule has 16 heavy (non-hydrogen) atoms. The first kappa shape index (κ1) is 11.8. The molecular formula is C12H12BrNOS. The van der Waals surface area contributed by atoms with Gasteiger partial charge in [0, 0.05) is 21.8 Å². The zero-order valence-corrected chi connectivity index (χ0v) is 11.3. The molecule has 84 valence electrons. The Hall–Kier alpha value is -0.710. The molecule has 1 aromatic heterocycles. The Bertz CT molecular complexity index is 464. The van der Waals surface area contributed by atoms with Crippen LogP contribution in [0.4, 0.5) is 0 Å². The average molecular weight is 298 g/mol. The van der Waals surface area contributed by atoms with E-state index in [-0.39, 0.29) is 6.10 Å². The minimum atomic E-state index is -0.333. The minimum absolute atomic E-state index is 0.333. The normalized spacial score (nSPS) is 12.7. The van der Waals surface area contributed by atoms with Gasteiger partial charge in [0.15, 0.2) is 0 Å². The number of benzene rings is 1. The topological polar surface area (TPSA) is 33.1 Å². The van der Waals surface area contributed by atoms with Gasteiger partial charge in [-0.1, -0.05) is 28.1 Å². The summed E-state index contributed by atoms with van der Waals surface area (Å²) in [6.07, 6.45) is 0.285. The molecule has 0 spiro atoms. The predicted molar refractivity (Wildman–Crippen MR) is 70.6 cm³/mol. The van der Waals surface area contributed by atoms with Crippen molar-refractivity contribution in [3.8, 4) is 10.6 Å². The monoisotopic (exact) mass is 297 g/mol. The molecular weight excluding hydrogens is 286 g/mol. The molecule has 1 atom stereocenters. The highest BCUT2D eigenvalue weighted by Crippen LogP contribution is 2.25. The number of aliphatic hydroxyl groups excluding tert-OH is 1. The van der Waals surface area contributed by atoms with Crippen molar-refractivity contribution in [3.05, 3.63) is 39.8 Å². The molecule has 0 aliphatic carbocycles. The minimum Gasteiger partial charge on any atom is -0.393 e. The van der Waals surface area contributed by atoms with E-state index in [1.54, 1.807) is 18.3 Å². The number of nitrogens with zero attached hydrogens (tertiary/aromatic N) is 1. The Kier molecular flexibility index (Phi) is 3.74. The van der Waals surface area contributed by atoms with Gasteiger partial charge in [-0.2, -0.15) is 0 Å². The Morgan fingerprint density at radius 3 is 2.69 bits per heavy atom. The zero-order chi connectivity index (χ0) is 11.5. The molecule has 1 heterocycles. The molecule has 4 heteroatoms. The number of hydrogen-bond donors (Lipinski definition) is 1. The van der Waals surface area contributed by atoms with Crippen LogP contribution in [-0.2, 0) is 6.42 Å². The summed E-state index contributed by atoms with van der Waals surface area (Å²) in [4.78, 5) is 4.49. The summed E-state index contributed by atoms with van der Waals surface area (Å²) >= 11 is 5.02. The summed E-state index contributed by atoms with van der Waals surface area (Å²) in [6.45, 7) is 1.78. The Labute approximate surface area is 107 Å². The Morgan fingerprint density at radius 1 is 1.38 bits per heavy atom. The molecule has 0 aliphatic heterocycles. The number of aliphatic hydroxyl groups is 1. The van der Waals surface area contributed by atoms with Crippen LogP contribution in [0.3, 0.4) is 0 Å². The maximum atomic E-state index is 9.28. The van der Waals surface area contributed by atoms with Crippen LogP contribution in [-0.4, -0.2) is 16.2 Å². The van der Waals surface area contributed by atoms with Crippen molar-refractivity contribution in [1.82, 2.24) is 4.98 Å². The third-order valence-electron chi connectivity index (χ3n) is 2.15. The number of thiazole rings is 1. The molecule has 0 radical (unpaired) electrons. The second-order valence-corrected chi connectivity index (χ2v) is 5.48. The fraction of sp³-hybridized carbons (Fsp3) is 0.250. The summed E-state index contributed by atoms with van der Waals surface area (Å²) in [6, 6.07) is 8.08. The van der Waals surface area contributed by atoms with Crippen LogP contribution in [0.25, 0.3) is 10.6 Å². The van der Waals surface area contributed by atoms with Crippen molar-refractivity contribution in [2.75, 3.05) is 0 Å². The van der Waals surface area contributed by atoms with E-state index in [0.29, 0.717) is 6.42 Å². The summed E-state index contributed by atoms with van der Waals surface area (Å²) in [5, 5.41) is 12.3. The quantitative estimate of drug-likeness (QED) is 0.941. The van der Waals surface area contributed by atoms with Crippen molar-refractivity contribution in [3.63, 3.8) is 0 Å². The lowest BCUT2D eigenvalue weighted by Gasteiger charge is -1.99. The lowest BCUT2D eigenvalue weighted by molar-refractivity contribution is 0.194. The lowest BCUT2D eigenvalue weighted by Crippen LogP contribution is -2.04. The van der Waals surface area contributed by atoms with E-state index >= 15 is 0 Å². The van der Waals surface area contributed by atoms with E-state index in [4.69, 9.17) is 0 Å². The fourth-order valence-corrected chi connectivity index (χ4v) is 2.53. The summed E-state index contributed by atoms with van der Waals surface area (Å²) in [7, 11) is 0. The molecule has 0 fully saturated rings. The highest BCUT2D eigenvalue weighted by atomic mass is 79.9. The zero-order valence-electron chi connectivity index (χ0n) is 8.85. The van der Waals surface area contributed by atoms with E-state index < -0.39 is 0 Å². The molecule has 1 N–H and O–H groups in total. The van der Waals surface area contributed by atoms with Gasteiger partial charge in [-0.25, -0.2) is 4.98 Å². The third kappa shape index (κ3) is 2.90. The highest BCUT2D eigenvalue weighted by Gasteiger charge is 2.06. The molecule has 2 nitrogen and oxygen atoms in total. The van der Waals surface area contributed by atoms with Gasteiger partial charge in [0.25, 0.3) is 0 Å². The Morgan fingerprint density at radius 2 is 2.06 bits per heavy atom.